The van der Waals surface area contributed by atoms with Gasteiger partial charge in [0, 0.05) is 6.42 Å². The van der Waals surface area contributed by atoms with Gasteiger partial charge in [0.1, 0.15) is 11.8 Å². The van der Waals surface area contributed by atoms with Gasteiger partial charge in [-0.3, -0.25) is 4.79 Å². The Balaban J connectivity index is 1.69. The Bertz CT molecular complexity index is 978. The summed E-state index contributed by atoms with van der Waals surface area (Å²) in [6.45, 7) is 1.89. The van der Waals surface area contributed by atoms with E-state index in [0.717, 1.165) is 11.1 Å². The topological polar surface area (TPSA) is 76.4 Å². The first-order chi connectivity index (χ1) is 13.0. The lowest BCUT2D eigenvalue weighted by atomic mass is 10.0. The number of nitrogens with one attached hydrogen (secondary N) is 1. The number of rotatable bonds is 7. The number of carbonyl (C=O) groups excluding carboxylic acids is 1. The summed E-state index contributed by atoms with van der Waals surface area (Å²) in [6.07, 6.45) is 1.42. The number of hydrogen-bond donors (Lipinski definition) is 1. The molecule has 0 spiro atoms. The molecule has 0 saturated carbocycles. The third-order valence-electron chi connectivity index (χ3n) is 4.24. The van der Waals surface area contributed by atoms with E-state index in [-0.39, 0.29) is 23.0 Å². The fourth-order valence-corrected chi connectivity index (χ4v) is 3.98. The molecule has 0 fully saturated rings. The van der Waals surface area contributed by atoms with Gasteiger partial charge in [-0.15, -0.1) is 0 Å². The second-order valence-corrected chi connectivity index (χ2v) is 8.42. The maximum atomic E-state index is 12.4. The van der Waals surface area contributed by atoms with E-state index in [2.05, 4.69) is 5.32 Å². The summed E-state index contributed by atoms with van der Waals surface area (Å²) >= 11 is 0. The van der Waals surface area contributed by atoms with E-state index < -0.39 is 15.9 Å². The molecule has 3 aromatic rings. The molecule has 1 aromatic heterocycles. The van der Waals surface area contributed by atoms with Gasteiger partial charge in [0.15, 0.2) is 9.84 Å². The molecule has 0 aliphatic carbocycles. The molecule has 1 heterocycles. The van der Waals surface area contributed by atoms with E-state index in [1.807, 2.05) is 37.3 Å². The van der Waals surface area contributed by atoms with Crippen LogP contribution in [0.1, 0.15) is 29.3 Å². The van der Waals surface area contributed by atoms with Crippen molar-refractivity contribution < 1.29 is 17.6 Å². The van der Waals surface area contributed by atoms with E-state index in [9.17, 15) is 13.2 Å². The van der Waals surface area contributed by atoms with Crippen LogP contribution in [-0.2, 0) is 14.6 Å². The number of hydrogen-bond acceptors (Lipinski definition) is 4. The normalized spacial score (nSPS) is 12.5. The van der Waals surface area contributed by atoms with Crippen molar-refractivity contribution in [2.45, 2.75) is 24.3 Å². The Labute approximate surface area is 159 Å². The molecule has 2 aromatic carbocycles. The minimum atomic E-state index is -3.51. The Morgan fingerprint density at radius 2 is 1.70 bits per heavy atom. The lowest BCUT2D eigenvalue weighted by molar-refractivity contribution is -0.121. The summed E-state index contributed by atoms with van der Waals surface area (Å²) in [5.74, 6) is -0.00597. The van der Waals surface area contributed by atoms with Crippen molar-refractivity contribution in [3.63, 3.8) is 0 Å². The summed E-state index contributed by atoms with van der Waals surface area (Å²) in [7, 11) is -3.51. The van der Waals surface area contributed by atoms with Crippen LogP contribution in [0.25, 0.3) is 0 Å². The summed E-state index contributed by atoms with van der Waals surface area (Å²) in [5.41, 5.74) is 1.85. The Kier molecular flexibility index (Phi) is 5.76. The van der Waals surface area contributed by atoms with Gasteiger partial charge in [-0.25, -0.2) is 8.42 Å². The van der Waals surface area contributed by atoms with Gasteiger partial charge < -0.3 is 9.73 Å². The molecule has 1 atom stereocenters. The third-order valence-corrected chi connectivity index (χ3v) is 5.98. The van der Waals surface area contributed by atoms with Crippen LogP contribution in [0.2, 0.25) is 0 Å². The lowest BCUT2D eigenvalue weighted by Gasteiger charge is -2.17. The average Bonchev–Trinajstić information content (AvgIpc) is 3.20. The molecule has 0 radical (unpaired) electrons. The van der Waals surface area contributed by atoms with Crippen LogP contribution in [0.15, 0.2) is 82.3 Å². The van der Waals surface area contributed by atoms with Crippen LogP contribution in [0.3, 0.4) is 0 Å². The third kappa shape index (κ3) is 4.86. The summed E-state index contributed by atoms with van der Waals surface area (Å²) in [6, 6.07) is 19.1. The minimum absolute atomic E-state index is 0.125. The van der Waals surface area contributed by atoms with Crippen molar-refractivity contribution in [3.8, 4) is 0 Å². The number of amides is 1. The predicted molar refractivity (Wildman–Crippen MR) is 103 cm³/mol. The maximum absolute atomic E-state index is 12.4. The zero-order chi connectivity index (χ0) is 19.3. The van der Waals surface area contributed by atoms with Gasteiger partial charge in [-0.2, -0.15) is 0 Å². The highest BCUT2D eigenvalue weighted by Crippen LogP contribution is 2.22. The molecule has 1 amide bonds. The summed E-state index contributed by atoms with van der Waals surface area (Å²) in [5, 5.41) is 2.87. The fourth-order valence-electron chi connectivity index (χ4n) is 2.74. The largest absolute Gasteiger partial charge is 0.467 e. The highest BCUT2D eigenvalue weighted by atomic mass is 32.2. The molecule has 140 valence electrons. The highest BCUT2D eigenvalue weighted by Gasteiger charge is 2.21. The number of aryl methyl sites for hydroxylation is 1. The van der Waals surface area contributed by atoms with Crippen LogP contribution >= 0.6 is 0 Å². The van der Waals surface area contributed by atoms with E-state index in [1.54, 1.807) is 42.7 Å². The van der Waals surface area contributed by atoms with E-state index in [4.69, 9.17) is 4.42 Å². The molecule has 1 N–H and O–H groups in total. The van der Waals surface area contributed by atoms with Crippen molar-refractivity contribution in [2.24, 2.45) is 0 Å². The standard InChI is InChI=1S/C21H21NO4S/c1-16-9-11-18(12-10-16)27(24,25)15-13-20(23)22-21(19-8-5-14-26-19)17-6-3-2-4-7-17/h2-12,14,21H,13,15H2,1H3,(H,22,23). The molecule has 3 rings (SSSR count). The molecule has 0 bridgehead atoms. The summed E-state index contributed by atoms with van der Waals surface area (Å²) < 4.78 is 30.3. The first-order valence-corrected chi connectivity index (χ1v) is 10.3. The van der Waals surface area contributed by atoms with Gasteiger partial charge in [0.25, 0.3) is 0 Å². The van der Waals surface area contributed by atoms with Gasteiger partial charge in [0.05, 0.1) is 16.9 Å². The monoisotopic (exact) mass is 383 g/mol. The molecule has 27 heavy (non-hydrogen) atoms. The van der Waals surface area contributed by atoms with Crippen LogP contribution in [0, 0.1) is 6.92 Å². The number of furan rings is 1. The van der Waals surface area contributed by atoms with Crippen LogP contribution in [0.4, 0.5) is 0 Å². The van der Waals surface area contributed by atoms with Crippen molar-refractivity contribution >= 4 is 15.7 Å². The summed E-state index contributed by atoms with van der Waals surface area (Å²) in [4.78, 5) is 12.7. The zero-order valence-electron chi connectivity index (χ0n) is 15.0. The predicted octanol–water partition coefficient (Wildman–Crippen LogP) is 3.66. The van der Waals surface area contributed by atoms with E-state index in [0.29, 0.717) is 5.76 Å². The Morgan fingerprint density at radius 1 is 1.00 bits per heavy atom. The van der Waals surface area contributed by atoms with Crippen molar-refractivity contribution in [2.75, 3.05) is 5.75 Å². The van der Waals surface area contributed by atoms with E-state index >= 15 is 0 Å². The van der Waals surface area contributed by atoms with Crippen LogP contribution in [-0.4, -0.2) is 20.1 Å². The van der Waals surface area contributed by atoms with Gasteiger partial charge in [-0.1, -0.05) is 48.0 Å². The molecular weight excluding hydrogens is 362 g/mol. The smallest absolute Gasteiger partial charge is 0.221 e. The Hall–Kier alpha value is -2.86. The van der Waals surface area contributed by atoms with E-state index in [1.165, 1.54) is 0 Å². The highest BCUT2D eigenvalue weighted by molar-refractivity contribution is 7.91. The molecule has 1 unspecified atom stereocenters. The first kappa shape index (κ1) is 18.9. The molecule has 0 aliphatic heterocycles. The quantitative estimate of drug-likeness (QED) is 0.676. The van der Waals surface area contributed by atoms with Crippen LogP contribution < -0.4 is 5.32 Å². The number of benzene rings is 2. The van der Waals surface area contributed by atoms with Gasteiger partial charge in [0.2, 0.25) is 5.91 Å². The molecule has 0 aliphatic rings. The maximum Gasteiger partial charge on any atom is 0.221 e. The minimum Gasteiger partial charge on any atom is -0.467 e. The fraction of sp³-hybridized carbons (Fsp3) is 0.190. The van der Waals surface area contributed by atoms with Crippen molar-refractivity contribution in [1.29, 1.82) is 0 Å². The van der Waals surface area contributed by atoms with Crippen molar-refractivity contribution in [1.82, 2.24) is 5.32 Å². The average molecular weight is 383 g/mol. The number of carbonyl (C=O) groups is 1. The van der Waals surface area contributed by atoms with Crippen molar-refractivity contribution in [3.05, 3.63) is 89.9 Å². The zero-order valence-corrected chi connectivity index (χ0v) is 15.8. The lowest BCUT2D eigenvalue weighted by Crippen LogP contribution is -2.30. The molecule has 5 nitrogen and oxygen atoms in total. The Morgan fingerprint density at radius 3 is 2.33 bits per heavy atom. The van der Waals surface area contributed by atoms with Crippen LogP contribution in [0.5, 0.6) is 0 Å². The SMILES string of the molecule is Cc1ccc(S(=O)(=O)CCC(=O)NC(c2ccccc2)c2ccco2)cc1. The molecule has 6 heteroatoms. The van der Waals surface area contributed by atoms with Gasteiger partial charge >= 0.3 is 0 Å². The molecule has 0 saturated heterocycles. The molecular formula is C21H21NO4S. The second-order valence-electron chi connectivity index (χ2n) is 6.31. The first-order valence-electron chi connectivity index (χ1n) is 8.63. The number of sulfone groups is 1. The second kappa shape index (κ2) is 8.22. The van der Waals surface area contributed by atoms with Gasteiger partial charge in [-0.05, 0) is 36.8 Å².